The molecule has 6 heteroatoms. The number of likely N-dealkylation sites (tertiary alicyclic amines) is 1. The van der Waals surface area contributed by atoms with E-state index in [1.165, 1.54) is 0 Å². The number of benzene rings is 2. The number of carbonyl (C=O) groups is 1. The standard InChI is InChI=1S/C26H28N4O2/c1-29-24(26(31)30-13-3-4-22(28)16-30)14-23(20-9-5-18(15-27)6-10-20)25(29)21-11-7-19(8-12-21)17-32-2/h5-12,14,22H,3-4,13,16-17,28H2,1-2H3/t22-/m1/s1. The summed E-state index contributed by atoms with van der Waals surface area (Å²) in [6.45, 7) is 1.86. The van der Waals surface area contributed by atoms with Crippen LogP contribution in [0.5, 0.6) is 0 Å². The quantitative estimate of drug-likeness (QED) is 0.667. The van der Waals surface area contributed by atoms with Crippen LogP contribution in [-0.4, -0.2) is 41.6 Å². The average Bonchev–Trinajstić information content (AvgIpc) is 3.16. The molecule has 1 atom stereocenters. The van der Waals surface area contributed by atoms with Crippen molar-refractivity contribution in [3.05, 3.63) is 71.4 Å². The van der Waals surface area contributed by atoms with Crippen molar-refractivity contribution in [2.45, 2.75) is 25.5 Å². The van der Waals surface area contributed by atoms with Crippen LogP contribution in [0.25, 0.3) is 22.4 Å². The maximum atomic E-state index is 13.4. The zero-order valence-electron chi connectivity index (χ0n) is 18.5. The summed E-state index contributed by atoms with van der Waals surface area (Å²) in [6.07, 6.45) is 1.88. The molecule has 2 heterocycles. The second kappa shape index (κ2) is 9.39. The number of hydrogen-bond donors (Lipinski definition) is 1. The Morgan fingerprint density at radius 1 is 1.16 bits per heavy atom. The summed E-state index contributed by atoms with van der Waals surface area (Å²) >= 11 is 0. The predicted molar refractivity (Wildman–Crippen MR) is 125 cm³/mol. The third-order valence-electron chi connectivity index (χ3n) is 6.06. The molecule has 0 radical (unpaired) electrons. The van der Waals surface area contributed by atoms with Gasteiger partial charge in [-0.2, -0.15) is 5.26 Å². The number of aromatic nitrogens is 1. The molecule has 1 amide bonds. The van der Waals surface area contributed by atoms with Gasteiger partial charge in [0.05, 0.1) is 23.9 Å². The Morgan fingerprint density at radius 2 is 1.84 bits per heavy atom. The van der Waals surface area contributed by atoms with Crippen LogP contribution in [0.1, 0.15) is 34.5 Å². The number of nitrogens with two attached hydrogens (primary N) is 1. The number of ether oxygens (including phenoxy) is 1. The SMILES string of the molecule is COCc1ccc(-c2c(-c3ccc(C#N)cc3)cc(C(=O)N3CCC[C@@H](N)C3)n2C)cc1. The summed E-state index contributed by atoms with van der Waals surface area (Å²) in [5, 5.41) is 9.16. The lowest BCUT2D eigenvalue weighted by Crippen LogP contribution is -2.46. The van der Waals surface area contributed by atoms with Gasteiger partial charge in [-0.15, -0.1) is 0 Å². The molecule has 0 aliphatic carbocycles. The number of amides is 1. The highest BCUT2D eigenvalue weighted by Gasteiger charge is 2.27. The fourth-order valence-corrected chi connectivity index (χ4v) is 4.38. The van der Waals surface area contributed by atoms with Gasteiger partial charge in [-0.1, -0.05) is 36.4 Å². The molecule has 3 aromatic rings. The molecule has 164 valence electrons. The third kappa shape index (κ3) is 4.31. The number of methoxy groups -OCH3 is 1. The first-order chi connectivity index (χ1) is 15.5. The summed E-state index contributed by atoms with van der Waals surface area (Å²) in [7, 11) is 3.61. The normalized spacial score (nSPS) is 16.1. The number of rotatable bonds is 5. The summed E-state index contributed by atoms with van der Waals surface area (Å²) in [6, 6.07) is 19.8. The van der Waals surface area contributed by atoms with E-state index in [9.17, 15) is 4.79 Å². The minimum absolute atomic E-state index is 0.000187. The molecule has 2 N–H and O–H groups in total. The van der Waals surface area contributed by atoms with Crippen molar-refractivity contribution >= 4 is 5.91 Å². The van der Waals surface area contributed by atoms with E-state index in [1.54, 1.807) is 19.2 Å². The molecule has 0 spiro atoms. The molecule has 1 aromatic heterocycles. The minimum atomic E-state index is -0.000187. The highest BCUT2D eigenvalue weighted by atomic mass is 16.5. The molecule has 1 aliphatic heterocycles. The van der Waals surface area contributed by atoms with Gasteiger partial charge in [-0.05, 0) is 47.7 Å². The van der Waals surface area contributed by atoms with Gasteiger partial charge >= 0.3 is 0 Å². The van der Waals surface area contributed by atoms with Crippen LogP contribution >= 0.6 is 0 Å². The van der Waals surface area contributed by atoms with Crippen molar-refractivity contribution in [2.24, 2.45) is 12.8 Å². The van der Waals surface area contributed by atoms with E-state index in [1.807, 2.05) is 46.8 Å². The second-order valence-electron chi connectivity index (χ2n) is 8.32. The van der Waals surface area contributed by atoms with Crippen molar-refractivity contribution in [3.63, 3.8) is 0 Å². The molecule has 0 unspecified atom stereocenters. The van der Waals surface area contributed by atoms with Gasteiger partial charge in [0, 0.05) is 38.9 Å². The Bertz CT molecular complexity index is 1140. The van der Waals surface area contributed by atoms with Crippen LogP contribution in [0.3, 0.4) is 0 Å². The minimum Gasteiger partial charge on any atom is -0.380 e. The molecular formula is C26H28N4O2. The Labute approximate surface area is 188 Å². The molecule has 0 saturated carbocycles. The van der Waals surface area contributed by atoms with Crippen LogP contribution in [0.15, 0.2) is 54.6 Å². The largest absolute Gasteiger partial charge is 0.380 e. The number of piperidine rings is 1. The molecule has 1 saturated heterocycles. The molecule has 6 nitrogen and oxygen atoms in total. The van der Waals surface area contributed by atoms with E-state index in [2.05, 4.69) is 18.2 Å². The lowest BCUT2D eigenvalue weighted by molar-refractivity contribution is 0.0699. The lowest BCUT2D eigenvalue weighted by atomic mass is 9.99. The summed E-state index contributed by atoms with van der Waals surface area (Å²) in [4.78, 5) is 15.3. The van der Waals surface area contributed by atoms with E-state index in [0.29, 0.717) is 24.4 Å². The Kier molecular flexibility index (Phi) is 6.40. The van der Waals surface area contributed by atoms with Gasteiger partial charge < -0.3 is 19.9 Å². The van der Waals surface area contributed by atoms with Gasteiger partial charge in [-0.3, -0.25) is 4.79 Å². The van der Waals surface area contributed by atoms with Crippen molar-refractivity contribution in [1.29, 1.82) is 5.26 Å². The predicted octanol–water partition coefficient (Wildman–Crippen LogP) is 3.94. The second-order valence-corrected chi connectivity index (χ2v) is 8.32. The van der Waals surface area contributed by atoms with E-state index >= 15 is 0 Å². The molecule has 32 heavy (non-hydrogen) atoms. The topological polar surface area (TPSA) is 84.3 Å². The van der Waals surface area contributed by atoms with Crippen LogP contribution in [-0.2, 0) is 18.4 Å². The Balaban J connectivity index is 1.80. The summed E-state index contributed by atoms with van der Waals surface area (Å²) in [5.74, 6) is -0.000187. The van der Waals surface area contributed by atoms with Gasteiger partial charge in [0.25, 0.3) is 5.91 Å². The van der Waals surface area contributed by atoms with E-state index in [-0.39, 0.29) is 11.9 Å². The van der Waals surface area contributed by atoms with Crippen LogP contribution < -0.4 is 5.73 Å². The maximum Gasteiger partial charge on any atom is 0.270 e. The van der Waals surface area contributed by atoms with Crippen molar-refractivity contribution in [3.8, 4) is 28.5 Å². The number of carbonyl (C=O) groups excluding carboxylic acids is 1. The summed E-state index contributed by atoms with van der Waals surface area (Å²) in [5.41, 5.74) is 12.3. The third-order valence-corrected chi connectivity index (χ3v) is 6.06. The van der Waals surface area contributed by atoms with E-state index in [0.717, 1.165) is 47.3 Å². The fraction of sp³-hybridized carbons (Fsp3) is 0.308. The first kappa shape index (κ1) is 21.8. The van der Waals surface area contributed by atoms with Gasteiger partial charge in [0.1, 0.15) is 5.69 Å². The maximum absolute atomic E-state index is 13.4. The van der Waals surface area contributed by atoms with Gasteiger partial charge in [0.15, 0.2) is 0 Å². The van der Waals surface area contributed by atoms with Crippen LogP contribution in [0.4, 0.5) is 0 Å². The molecule has 4 rings (SSSR count). The molecule has 1 fully saturated rings. The van der Waals surface area contributed by atoms with Crippen LogP contribution in [0, 0.1) is 11.3 Å². The first-order valence-electron chi connectivity index (χ1n) is 10.8. The Morgan fingerprint density at radius 3 is 2.47 bits per heavy atom. The zero-order chi connectivity index (χ0) is 22.7. The number of nitrogens with zero attached hydrogens (tertiary/aromatic N) is 3. The molecule has 0 bridgehead atoms. The zero-order valence-corrected chi connectivity index (χ0v) is 18.5. The lowest BCUT2D eigenvalue weighted by Gasteiger charge is -2.30. The highest BCUT2D eigenvalue weighted by molar-refractivity contribution is 5.98. The highest BCUT2D eigenvalue weighted by Crippen LogP contribution is 2.35. The number of hydrogen-bond acceptors (Lipinski definition) is 4. The van der Waals surface area contributed by atoms with Gasteiger partial charge in [0.2, 0.25) is 0 Å². The van der Waals surface area contributed by atoms with Gasteiger partial charge in [-0.25, -0.2) is 0 Å². The monoisotopic (exact) mass is 428 g/mol. The number of nitriles is 1. The molecule has 1 aliphatic rings. The van der Waals surface area contributed by atoms with Crippen molar-refractivity contribution in [1.82, 2.24) is 9.47 Å². The Hall–Kier alpha value is -3.40. The van der Waals surface area contributed by atoms with Crippen LogP contribution in [0.2, 0.25) is 0 Å². The van der Waals surface area contributed by atoms with Crippen molar-refractivity contribution < 1.29 is 9.53 Å². The first-order valence-corrected chi connectivity index (χ1v) is 10.8. The van der Waals surface area contributed by atoms with E-state index < -0.39 is 0 Å². The summed E-state index contributed by atoms with van der Waals surface area (Å²) < 4.78 is 7.21. The molecular weight excluding hydrogens is 400 g/mol. The van der Waals surface area contributed by atoms with Crippen molar-refractivity contribution in [2.75, 3.05) is 20.2 Å². The average molecular weight is 429 g/mol. The van der Waals surface area contributed by atoms with E-state index in [4.69, 9.17) is 15.7 Å². The molecule has 2 aromatic carbocycles. The fourth-order valence-electron chi connectivity index (χ4n) is 4.38. The smallest absolute Gasteiger partial charge is 0.270 e.